The van der Waals surface area contributed by atoms with E-state index in [-0.39, 0.29) is 32.2 Å². The van der Waals surface area contributed by atoms with Gasteiger partial charge in [-0.15, -0.1) is 0 Å². The molecule has 9 N–H and O–H groups in total. The number of aromatic nitrogens is 1. The van der Waals surface area contributed by atoms with Gasteiger partial charge in [-0.3, -0.25) is 28.8 Å². The van der Waals surface area contributed by atoms with Gasteiger partial charge in [-0.2, -0.15) is 0 Å². The largest absolute Gasteiger partial charge is 0.391 e. The van der Waals surface area contributed by atoms with Crippen molar-refractivity contribution in [3.8, 4) is 0 Å². The van der Waals surface area contributed by atoms with Gasteiger partial charge in [0.15, 0.2) is 0 Å². The number of nitrogens with one attached hydrogen (secondary N) is 6. The number of H-pyrrole nitrogens is 1. The zero-order chi connectivity index (χ0) is 42.5. The summed E-state index contributed by atoms with van der Waals surface area (Å²) < 4.78 is 0. The van der Waals surface area contributed by atoms with Gasteiger partial charge in [0.05, 0.1) is 12.0 Å². The summed E-state index contributed by atoms with van der Waals surface area (Å²) >= 11 is 0. The summed E-state index contributed by atoms with van der Waals surface area (Å²) in [6.07, 6.45) is 1.93. The molecule has 0 spiro atoms. The molecule has 1 aliphatic heterocycles. The highest BCUT2D eigenvalue weighted by Gasteiger charge is 2.37. The van der Waals surface area contributed by atoms with E-state index in [1.54, 1.807) is 30.5 Å². The van der Waals surface area contributed by atoms with Crippen LogP contribution in [0.4, 0.5) is 0 Å². The molecule has 59 heavy (non-hydrogen) atoms. The van der Waals surface area contributed by atoms with Crippen molar-refractivity contribution in [3.05, 3.63) is 108 Å². The normalized spacial score (nSPS) is 23.5. The molecule has 0 unspecified atom stereocenters. The number of para-hydroxylation sites is 1. The molecule has 15 heteroatoms. The molecular weight excluding hydrogens is 753 g/mol. The first kappa shape index (κ1) is 44.1. The Balaban J connectivity index is 1.54. The molecule has 0 aliphatic carbocycles. The molecule has 1 aromatic heterocycles. The molecule has 0 saturated carbocycles. The molecule has 0 bridgehead atoms. The quantitative estimate of drug-likeness (QED) is 0.103. The van der Waals surface area contributed by atoms with Crippen molar-refractivity contribution >= 4 is 46.3 Å². The number of amides is 6. The predicted octanol–water partition coefficient (Wildman–Crippen LogP) is 1.24. The molecule has 1 saturated heterocycles. The molecule has 7 atom stereocenters. The molecule has 15 nitrogen and oxygen atoms in total. The van der Waals surface area contributed by atoms with Crippen molar-refractivity contribution in [3.63, 3.8) is 0 Å². The average Bonchev–Trinajstić information content (AvgIpc) is 3.64. The minimum atomic E-state index is -1.51. The topological polar surface area (TPSA) is 228 Å². The second-order valence-corrected chi connectivity index (χ2v) is 15.2. The Morgan fingerprint density at radius 3 is 2.00 bits per heavy atom. The number of rotatable bonds is 11. The number of carbonyl (C=O) groups is 6. The van der Waals surface area contributed by atoms with Crippen LogP contribution in [-0.2, 0) is 48.0 Å². The van der Waals surface area contributed by atoms with Crippen molar-refractivity contribution in [2.75, 3.05) is 20.1 Å². The summed E-state index contributed by atoms with van der Waals surface area (Å²) in [4.78, 5) is 89.0. The second-order valence-electron chi connectivity index (χ2n) is 15.2. The Hall–Kier alpha value is -6.06. The van der Waals surface area contributed by atoms with E-state index in [0.717, 1.165) is 22.0 Å². The molecule has 1 aliphatic rings. The predicted molar refractivity (Wildman–Crippen MR) is 223 cm³/mol. The number of aliphatic hydroxyl groups is 1. The first-order valence-corrected chi connectivity index (χ1v) is 20.1. The van der Waals surface area contributed by atoms with Gasteiger partial charge in [0, 0.05) is 43.5 Å². The van der Waals surface area contributed by atoms with E-state index in [9.17, 15) is 33.9 Å². The Bertz CT molecular complexity index is 2060. The van der Waals surface area contributed by atoms with Crippen LogP contribution >= 0.6 is 0 Å². The molecule has 5 rings (SSSR count). The number of nitrogens with two attached hydrogens (primary N) is 1. The Kier molecular flexibility index (Phi) is 15.7. The monoisotopic (exact) mass is 808 g/mol. The van der Waals surface area contributed by atoms with Crippen LogP contribution in [0.1, 0.15) is 49.8 Å². The Labute approximate surface area is 344 Å². The maximum atomic E-state index is 14.4. The van der Waals surface area contributed by atoms with Crippen LogP contribution in [0.2, 0.25) is 0 Å². The molecule has 4 aromatic rings. The number of hydrogen-bond acceptors (Lipinski definition) is 8. The van der Waals surface area contributed by atoms with Crippen LogP contribution in [0.5, 0.6) is 0 Å². The molecule has 6 amide bonds. The van der Waals surface area contributed by atoms with Crippen molar-refractivity contribution in [2.24, 2.45) is 11.7 Å². The number of unbranched alkanes of at least 4 members (excludes halogenated alkanes) is 1. The van der Waals surface area contributed by atoms with Crippen LogP contribution in [0.3, 0.4) is 0 Å². The van der Waals surface area contributed by atoms with Crippen LogP contribution in [0.15, 0.2) is 91.1 Å². The summed E-state index contributed by atoms with van der Waals surface area (Å²) in [7, 11) is 1.43. The molecule has 314 valence electrons. The molecule has 3 aromatic carbocycles. The lowest BCUT2D eigenvalue weighted by Gasteiger charge is -2.32. The van der Waals surface area contributed by atoms with Crippen molar-refractivity contribution in [1.29, 1.82) is 0 Å². The fourth-order valence-corrected chi connectivity index (χ4v) is 7.27. The number of nitrogens with zero attached hydrogens (tertiary/aromatic N) is 1. The van der Waals surface area contributed by atoms with Gasteiger partial charge in [0.2, 0.25) is 35.4 Å². The van der Waals surface area contributed by atoms with Gasteiger partial charge in [-0.25, -0.2) is 0 Å². The third kappa shape index (κ3) is 12.0. The number of likely N-dealkylation sites (N-methyl/N-ethyl adjacent to an activating group) is 1. The highest BCUT2D eigenvalue weighted by atomic mass is 16.3. The Morgan fingerprint density at radius 2 is 1.34 bits per heavy atom. The van der Waals surface area contributed by atoms with Gasteiger partial charge in [-0.1, -0.05) is 78.9 Å². The van der Waals surface area contributed by atoms with Crippen molar-refractivity contribution in [2.45, 2.75) is 88.7 Å². The first-order chi connectivity index (χ1) is 28.4. The van der Waals surface area contributed by atoms with E-state index in [0.29, 0.717) is 24.9 Å². The third-order valence-corrected chi connectivity index (χ3v) is 10.7. The smallest absolute Gasteiger partial charge is 0.245 e. The Morgan fingerprint density at radius 1 is 0.712 bits per heavy atom. The van der Waals surface area contributed by atoms with Crippen molar-refractivity contribution in [1.82, 2.24) is 36.5 Å². The second kappa shape index (κ2) is 21.1. The number of fused-ring (bicyclic) bond motifs is 1. The highest BCUT2D eigenvalue weighted by Crippen LogP contribution is 2.22. The van der Waals surface area contributed by atoms with E-state index in [2.05, 4.69) is 31.6 Å². The summed E-state index contributed by atoms with van der Waals surface area (Å²) in [6.45, 7) is 3.02. The fourth-order valence-electron chi connectivity index (χ4n) is 7.27. The minimum Gasteiger partial charge on any atom is -0.391 e. The maximum Gasteiger partial charge on any atom is 0.245 e. The highest BCUT2D eigenvalue weighted by molar-refractivity contribution is 5.97. The molecule has 1 fully saturated rings. The average molecular weight is 809 g/mol. The van der Waals surface area contributed by atoms with E-state index in [1.165, 1.54) is 25.8 Å². The summed E-state index contributed by atoms with van der Waals surface area (Å²) in [5.41, 5.74) is 8.90. The summed E-state index contributed by atoms with van der Waals surface area (Å²) in [5.74, 6) is -4.78. The van der Waals surface area contributed by atoms with Gasteiger partial charge >= 0.3 is 0 Å². The molecular formula is C44H56N8O7. The molecule has 0 radical (unpaired) electrons. The van der Waals surface area contributed by atoms with Gasteiger partial charge in [0.1, 0.15) is 30.2 Å². The molecule has 2 heterocycles. The van der Waals surface area contributed by atoms with Gasteiger partial charge < -0.3 is 47.3 Å². The first-order valence-electron chi connectivity index (χ1n) is 20.1. The SMILES string of the molecule is C[C@H](O)[C@H]1NC(=O)[C@@H](Cc2ccccc2)N(C)C(=O)[C@@H](C)NC(=O)[C@@H](Cc2ccccc2)NC(=O)[C@H](Cc2c[nH]c3ccccc23)CNC(=O)[C@@H](CCCCN)NC1=O. The number of hydrogen-bond donors (Lipinski definition) is 8. The standard InChI is InChI=1S/C44H56N8O7/c1-27-44(59)52(3)37(23-30-16-8-5-9-17-30)42(57)51-38(28(2)53)43(58)49-35(20-12-13-21-45)40(55)47-26-32(24-31-25-46-34-19-11-10-18-33(31)34)39(54)50-36(41(56)48-27)22-29-14-6-4-7-15-29/h4-11,14-19,25,27-28,32,35-38,46,53H,12-13,20-24,26,45H2,1-3H3,(H,47,55)(H,48,56)(H,49,58)(H,50,54)(H,51,57)/t27-,28+,32-,35-,36-,37-,38-/m1/s1. The van der Waals surface area contributed by atoms with E-state index >= 15 is 0 Å². The lowest BCUT2D eigenvalue weighted by molar-refractivity contribution is -0.143. The maximum absolute atomic E-state index is 14.4. The van der Waals surface area contributed by atoms with Crippen LogP contribution in [0, 0.1) is 5.92 Å². The van der Waals surface area contributed by atoms with Crippen LogP contribution < -0.4 is 32.3 Å². The van der Waals surface area contributed by atoms with E-state index in [4.69, 9.17) is 5.73 Å². The zero-order valence-electron chi connectivity index (χ0n) is 33.8. The third-order valence-electron chi connectivity index (χ3n) is 10.7. The number of aromatic amines is 1. The number of carbonyl (C=O) groups excluding carboxylic acids is 6. The van der Waals surface area contributed by atoms with Gasteiger partial charge in [-0.05, 0) is 68.8 Å². The lowest BCUT2D eigenvalue weighted by Crippen LogP contribution is -2.61. The summed E-state index contributed by atoms with van der Waals surface area (Å²) in [5, 5.41) is 25.6. The van der Waals surface area contributed by atoms with Crippen LogP contribution in [-0.4, -0.2) is 107 Å². The minimum absolute atomic E-state index is 0.0400. The van der Waals surface area contributed by atoms with E-state index < -0.39 is 77.7 Å². The van der Waals surface area contributed by atoms with Crippen LogP contribution in [0.25, 0.3) is 10.9 Å². The summed E-state index contributed by atoms with van der Waals surface area (Å²) in [6, 6.07) is 19.6. The number of aliphatic hydroxyl groups excluding tert-OH is 1. The van der Waals surface area contributed by atoms with E-state index in [1.807, 2.05) is 60.7 Å². The zero-order valence-corrected chi connectivity index (χ0v) is 33.8. The fraction of sp³-hybridized carbons (Fsp3) is 0.409. The number of benzene rings is 3. The van der Waals surface area contributed by atoms with Gasteiger partial charge in [0.25, 0.3) is 0 Å². The lowest BCUT2D eigenvalue weighted by atomic mass is 9.96. The van der Waals surface area contributed by atoms with Crippen molar-refractivity contribution < 1.29 is 33.9 Å².